The van der Waals surface area contributed by atoms with E-state index < -0.39 is 0 Å². The third-order valence-corrected chi connectivity index (χ3v) is 5.44. The quantitative estimate of drug-likeness (QED) is 0.764. The Kier molecular flexibility index (Phi) is 3.55. The predicted molar refractivity (Wildman–Crippen MR) is 103 cm³/mol. The van der Waals surface area contributed by atoms with Gasteiger partial charge in [-0.15, -0.1) is 0 Å². The summed E-state index contributed by atoms with van der Waals surface area (Å²) in [6, 6.07) is 10.3. The van der Waals surface area contributed by atoms with E-state index in [1.54, 1.807) is 10.8 Å². The fourth-order valence-electron chi connectivity index (χ4n) is 3.56. The SMILES string of the molecule is Cc1ncccc1-n1c(=O)nc(NCC2CC2)c2ccc(C3CC3)cc21. The lowest BCUT2D eigenvalue weighted by molar-refractivity contribution is 0.872. The molecule has 5 heteroatoms. The number of aromatic nitrogens is 3. The van der Waals surface area contributed by atoms with E-state index in [-0.39, 0.29) is 5.69 Å². The molecule has 1 aromatic carbocycles. The summed E-state index contributed by atoms with van der Waals surface area (Å²) in [6.45, 7) is 2.82. The van der Waals surface area contributed by atoms with Gasteiger partial charge in [0.05, 0.1) is 16.9 Å². The number of aryl methyl sites for hydroxylation is 1. The van der Waals surface area contributed by atoms with Gasteiger partial charge in [0.25, 0.3) is 0 Å². The number of rotatable bonds is 5. The van der Waals surface area contributed by atoms with Crippen LogP contribution in [0.5, 0.6) is 0 Å². The molecule has 0 bridgehead atoms. The Morgan fingerprint density at radius 3 is 2.77 bits per heavy atom. The van der Waals surface area contributed by atoms with Gasteiger partial charge in [-0.2, -0.15) is 4.98 Å². The van der Waals surface area contributed by atoms with Crippen LogP contribution in [-0.2, 0) is 0 Å². The molecule has 0 aliphatic heterocycles. The van der Waals surface area contributed by atoms with E-state index in [9.17, 15) is 4.79 Å². The zero-order valence-electron chi connectivity index (χ0n) is 14.9. The summed E-state index contributed by atoms with van der Waals surface area (Å²) in [5.41, 5.74) is 3.61. The van der Waals surface area contributed by atoms with Gasteiger partial charge in [0.2, 0.25) is 0 Å². The Balaban J connectivity index is 1.73. The number of hydrogen-bond acceptors (Lipinski definition) is 4. The van der Waals surface area contributed by atoms with Crippen LogP contribution in [0.1, 0.15) is 42.9 Å². The summed E-state index contributed by atoms with van der Waals surface area (Å²) in [5.74, 6) is 2.06. The second-order valence-electron chi connectivity index (χ2n) is 7.56. The minimum Gasteiger partial charge on any atom is -0.369 e. The average molecular weight is 346 g/mol. The number of benzene rings is 1. The van der Waals surface area contributed by atoms with Gasteiger partial charge in [0.1, 0.15) is 5.82 Å². The summed E-state index contributed by atoms with van der Waals surface area (Å²) in [4.78, 5) is 21.7. The number of pyridine rings is 1. The van der Waals surface area contributed by atoms with E-state index in [0.29, 0.717) is 11.7 Å². The van der Waals surface area contributed by atoms with E-state index in [2.05, 4.69) is 33.5 Å². The van der Waals surface area contributed by atoms with Crippen LogP contribution in [0.15, 0.2) is 41.3 Å². The van der Waals surface area contributed by atoms with Gasteiger partial charge in [-0.3, -0.25) is 9.55 Å². The molecule has 0 saturated heterocycles. The molecule has 0 atom stereocenters. The third kappa shape index (κ3) is 2.77. The van der Waals surface area contributed by atoms with E-state index >= 15 is 0 Å². The summed E-state index contributed by atoms with van der Waals surface area (Å²) in [6.07, 6.45) is 6.76. The zero-order chi connectivity index (χ0) is 17.7. The predicted octanol–water partition coefficient (Wildman–Crippen LogP) is 3.79. The van der Waals surface area contributed by atoms with E-state index in [1.165, 1.54) is 31.2 Å². The molecule has 2 aromatic heterocycles. The molecule has 2 aliphatic rings. The van der Waals surface area contributed by atoms with Crippen molar-refractivity contribution in [2.24, 2.45) is 5.92 Å². The van der Waals surface area contributed by atoms with Crippen molar-refractivity contribution < 1.29 is 0 Å². The van der Waals surface area contributed by atoms with Gasteiger partial charge < -0.3 is 5.32 Å². The van der Waals surface area contributed by atoms with Crippen LogP contribution in [0.4, 0.5) is 5.82 Å². The van der Waals surface area contributed by atoms with Crippen molar-refractivity contribution in [2.45, 2.75) is 38.5 Å². The van der Waals surface area contributed by atoms with Crippen LogP contribution in [0.25, 0.3) is 16.6 Å². The molecule has 0 spiro atoms. The summed E-state index contributed by atoms with van der Waals surface area (Å²) < 4.78 is 1.71. The maximum atomic E-state index is 12.9. The minimum atomic E-state index is -0.250. The van der Waals surface area contributed by atoms with Crippen LogP contribution in [-0.4, -0.2) is 21.1 Å². The van der Waals surface area contributed by atoms with Gasteiger partial charge in [-0.25, -0.2) is 4.79 Å². The third-order valence-electron chi connectivity index (χ3n) is 5.44. The molecule has 0 amide bonds. The maximum Gasteiger partial charge on any atom is 0.354 e. The largest absolute Gasteiger partial charge is 0.369 e. The van der Waals surface area contributed by atoms with Crippen LogP contribution < -0.4 is 11.0 Å². The second-order valence-corrected chi connectivity index (χ2v) is 7.56. The van der Waals surface area contributed by atoms with Gasteiger partial charge in [-0.1, -0.05) is 6.07 Å². The molecule has 5 rings (SSSR count). The zero-order valence-corrected chi connectivity index (χ0v) is 14.9. The molecule has 3 aromatic rings. The van der Waals surface area contributed by atoms with Gasteiger partial charge >= 0.3 is 5.69 Å². The second kappa shape index (κ2) is 5.94. The molecule has 5 nitrogen and oxygen atoms in total. The van der Waals surface area contributed by atoms with Crippen molar-refractivity contribution in [3.63, 3.8) is 0 Å². The van der Waals surface area contributed by atoms with Crippen LogP contribution in [0.2, 0.25) is 0 Å². The fourth-order valence-corrected chi connectivity index (χ4v) is 3.56. The molecular weight excluding hydrogens is 324 g/mol. The first kappa shape index (κ1) is 15.6. The highest BCUT2D eigenvalue weighted by molar-refractivity contribution is 5.91. The first-order valence-electron chi connectivity index (χ1n) is 9.43. The van der Waals surface area contributed by atoms with Crippen LogP contribution >= 0.6 is 0 Å². The number of hydrogen-bond donors (Lipinski definition) is 1. The Morgan fingerprint density at radius 1 is 1.19 bits per heavy atom. The van der Waals surface area contributed by atoms with Crippen molar-refractivity contribution in [1.82, 2.24) is 14.5 Å². The average Bonchev–Trinajstić information content (AvgIpc) is 3.54. The fraction of sp³-hybridized carbons (Fsp3) is 0.381. The molecule has 0 unspecified atom stereocenters. The van der Waals surface area contributed by atoms with Crippen molar-refractivity contribution in [1.29, 1.82) is 0 Å². The summed E-state index contributed by atoms with van der Waals surface area (Å²) in [7, 11) is 0. The lowest BCUT2D eigenvalue weighted by Crippen LogP contribution is -2.24. The molecule has 132 valence electrons. The van der Waals surface area contributed by atoms with Gasteiger partial charge in [-0.05, 0) is 74.3 Å². The van der Waals surface area contributed by atoms with E-state index in [1.807, 2.05) is 19.1 Å². The number of nitrogens with zero attached hydrogens (tertiary/aromatic N) is 3. The van der Waals surface area contributed by atoms with Crippen molar-refractivity contribution in [2.75, 3.05) is 11.9 Å². The van der Waals surface area contributed by atoms with Crippen LogP contribution in [0.3, 0.4) is 0 Å². The molecule has 2 heterocycles. The Hall–Kier alpha value is -2.69. The molecular formula is C21H22N4O. The Morgan fingerprint density at radius 2 is 2.04 bits per heavy atom. The monoisotopic (exact) mass is 346 g/mol. The standard InChI is InChI=1S/C21H22N4O/c1-13-18(3-2-10-22-13)25-19-11-16(15-6-7-15)8-9-17(19)20(24-21(25)26)23-12-14-4-5-14/h2-3,8-11,14-15H,4-7,12H2,1H3,(H,23,24,26). The van der Waals surface area contributed by atoms with Crippen molar-refractivity contribution in [3.05, 3.63) is 58.3 Å². The van der Waals surface area contributed by atoms with Crippen molar-refractivity contribution >= 4 is 16.7 Å². The highest BCUT2D eigenvalue weighted by Gasteiger charge is 2.25. The lowest BCUT2D eigenvalue weighted by atomic mass is 10.1. The molecule has 0 radical (unpaired) electrons. The number of fused-ring (bicyclic) bond motifs is 1. The van der Waals surface area contributed by atoms with E-state index in [4.69, 9.17) is 0 Å². The van der Waals surface area contributed by atoms with Crippen molar-refractivity contribution in [3.8, 4) is 5.69 Å². The first-order chi connectivity index (χ1) is 12.7. The molecule has 2 aliphatic carbocycles. The molecule has 1 N–H and O–H groups in total. The first-order valence-corrected chi connectivity index (χ1v) is 9.43. The Bertz CT molecular complexity index is 1050. The normalized spacial score (nSPS) is 16.8. The highest BCUT2D eigenvalue weighted by atomic mass is 16.1. The topological polar surface area (TPSA) is 59.8 Å². The van der Waals surface area contributed by atoms with E-state index in [0.717, 1.165) is 34.7 Å². The molecule has 26 heavy (non-hydrogen) atoms. The smallest absolute Gasteiger partial charge is 0.354 e. The number of anilines is 1. The lowest BCUT2D eigenvalue weighted by Gasteiger charge is -2.16. The van der Waals surface area contributed by atoms with Crippen LogP contribution in [0, 0.1) is 12.8 Å². The number of nitrogens with one attached hydrogen (secondary N) is 1. The molecule has 2 saturated carbocycles. The van der Waals surface area contributed by atoms with Gasteiger partial charge in [0, 0.05) is 18.1 Å². The summed E-state index contributed by atoms with van der Waals surface area (Å²) >= 11 is 0. The maximum absolute atomic E-state index is 12.9. The highest BCUT2D eigenvalue weighted by Crippen LogP contribution is 2.41. The summed E-state index contributed by atoms with van der Waals surface area (Å²) in [5, 5.41) is 4.41. The molecule has 2 fully saturated rings. The minimum absolute atomic E-state index is 0.250. The van der Waals surface area contributed by atoms with Gasteiger partial charge in [0.15, 0.2) is 0 Å². The Labute approximate surface area is 152 Å².